The summed E-state index contributed by atoms with van der Waals surface area (Å²) in [5.74, 6) is -0.0387. The monoisotopic (exact) mass is 317 g/mol. The van der Waals surface area contributed by atoms with E-state index in [0.29, 0.717) is 5.56 Å². The van der Waals surface area contributed by atoms with Gasteiger partial charge in [0, 0.05) is 10.0 Å². The van der Waals surface area contributed by atoms with Crippen molar-refractivity contribution in [2.24, 2.45) is 0 Å². The van der Waals surface area contributed by atoms with Crippen molar-refractivity contribution in [1.29, 1.82) is 0 Å². The van der Waals surface area contributed by atoms with Gasteiger partial charge in [0.05, 0.1) is 6.04 Å². The van der Waals surface area contributed by atoms with Crippen molar-refractivity contribution in [3.05, 3.63) is 70.2 Å². The molecule has 0 bridgehead atoms. The van der Waals surface area contributed by atoms with Crippen LogP contribution in [0.1, 0.15) is 35.3 Å². The third-order valence-electron chi connectivity index (χ3n) is 3.02. The molecule has 2 aromatic carbocycles. The minimum absolute atomic E-state index is 0.0387. The predicted molar refractivity (Wildman–Crippen MR) is 81.1 cm³/mol. The third kappa shape index (κ3) is 3.67. The van der Waals surface area contributed by atoms with Gasteiger partial charge in [0.2, 0.25) is 0 Å². The van der Waals surface area contributed by atoms with E-state index in [9.17, 15) is 4.79 Å². The molecule has 0 saturated carbocycles. The Bertz CT molecular complexity index is 536. The molecule has 0 heterocycles. The fourth-order valence-corrected chi connectivity index (χ4v) is 2.21. The van der Waals surface area contributed by atoms with Crippen LogP contribution < -0.4 is 5.32 Å². The molecule has 0 aliphatic carbocycles. The quantitative estimate of drug-likeness (QED) is 0.893. The van der Waals surface area contributed by atoms with E-state index >= 15 is 0 Å². The van der Waals surface area contributed by atoms with Crippen LogP contribution in [-0.4, -0.2) is 5.91 Å². The van der Waals surface area contributed by atoms with E-state index in [4.69, 9.17) is 0 Å². The lowest BCUT2D eigenvalue weighted by atomic mass is 10.0. The highest BCUT2D eigenvalue weighted by molar-refractivity contribution is 9.10. The highest BCUT2D eigenvalue weighted by Gasteiger charge is 2.13. The molecule has 2 aromatic rings. The fraction of sp³-hybridized carbons (Fsp3) is 0.188. The Morgan fingerprint density at radius 2 is 1.74 bits per heavy atom. The average Bonchev–Trinajstić information content (AvgIpc) is 2.46. The molecule has 0 radical (unpaired) electrons. The summed E-state index contributed by atoms with van der Waals surface area (Å²) in [5.41, 5.74) is 1.81. The van der Waals surface area contributed by atoms with Gasteiger partial charge in [-0.25, -0.2) is 0 Å². The number of carbonyl (C=O) groups excluding carboxylic acids is 1. The Morgan fingerprint density at radius 1 is 1.11 bits per heavy atom. The largest absolute Gasteiger partial charge is 0.345 e. The van der Waals surface area contributed by atoms with Crippen LogP contribution in [0.5, 0.6) is 0 Å². The van der Waals surface area contributed by atoms with E-state index in [1.165, 1.54) is 0 Å². The van der Waals surface area contributed by atoms with Gasteiger partial charge in [0.1, 0.15) is 0 Å². The van der Waals surface area contributed by atoms with Crippen molar-refractivity contribution >= 4 is 21.8 Å². The number of nitrogens with one attached hydrogen (secondary N) is 1. The first-order valence-corrected chi connectivity index (χ1v) is 7.11. The van der Waals surface area contributed by atoms with Crippen LogP contribution in [0, 0.1) is 0 Å². The highest BCUT2D eigenvalue weighted by Crippen LogP contribution is 2.17. The molecule has 1 amide bonds. The third-order valence-corrected chi connectivity index (χ3v) is 3.55. The Labute approximate surface area is 122 Å². The summed E-state index contributed by atoms with van der Waals surface area (Å²) in [6.45, 7) is 2.07. The van der Waals surface area contributed by atoms with Gasteiger partial charge in [-0.2, -0.15) is 0 Å². The number of rotatable bonds is 4. The van der Waals surface area contributed by atoms with Crippen LogP contribution in [0.15, 0.2) is 59.1 Å². The Morgan fingerprint density at radius 3 is 2.32 bits per heavy atom. The van der Waals surface area contributed by atoms with Gasteiger partial charge in [-0.3, -0.25) is 4.79 Å². The smallest absolute Gasteiger partial charge is 0.251 e. The zero-order valence-electron chi connectivity index (χ0n) is 10.8. The van der Waals surface area contributed by atoms with E-state index in [2.05, 4.69) is 28.2 Å². The number of amides is 1. The van der Waals surface area contributed by atoms with Gasteiger partial charge in [-0.15, -0.1) is 0 Å². The maximum atomic E-state index is 12.2. The maximum Gasteiger partial charge on any atom is 0.251 e. The zero-order valence-corrected chi connectivity index (χ0v) is 12.4. The molecule has 98 valence electrons. The first-order valence-electron chi connectivity index (χ1n) is 6.32. The summed E-state index contributed by atoms with van der Waals surface area (Å²) in [5, 5.41) is 3.06. The average molecular weight is 318 g/mol. The molecule has 19 heavy (non-hydrogen) atoms. The molecule has 0 fully saturated rings. The van der Waals surface area contributed by atoms with Gasteiger partial charge in [0.25, 0.3) is 5.91 Å². The van der Waals surface area contributed by atoms with Gasteiger partial charge < -0.3 is 5.32 Å². The van der Waals surface area contributed by atoms with Crippen molar-refractivity contribution in [1.82, 2.24) is 5.32 Å². The summed E-state index contributed by atoms with van der Waals surface area (Å²) in [6, 6.07) is 17.5. The lowest BCUT2D eigenvalue weighted by Crippen LogP contribution is -2.28. The lowest BCUT2D eigenvalue weighted by Gasteiger charge is -2.17. The molecular weight excluding hydrogens is 302 g/mol. The second-order valence-corrected chi connectivity index (χ2v) is 5.27. The van der Waals surface area contributed by atoms with Gasteiger partial charge in [0.15, 0.2) is 0 Å². The number of hydrogen-bond acceptors (Lipinski definition) is 1. The van der Waals surface area contributed by atoms with Gasteiger partial charge >= 0.3 is 0 Å². The Kier molecular flexibility index (Phi) is 4.74. The number of benzene rings is 2. The fourth-order valence-electron chi connectivity index (χ4n) is 1.95. The number of carbonyl (C=O) groups is 1. The van der Waals surface area contributed by atoms with Crippen molar-refractivity contribution in [2.45, 2.75) is 19.4 Å². The van der Waals surface area contributed by atoms with Crippen LogP contribution in [0.4, 0.5) is 0 Å². The predicted octanol–water partition coefficient (Wildman–Crippen LogP) is 4.33. The zero-order chi connectivity index (χ0) is 13.7. The van der Waals surface area contributed by atoms with E-state index in [-0.39, 0.29) is 11.9 Å². The van der Waals surface area contributed by atoms with Crippen molar-refractivity contribution < 1.29 is 4.79 Å². The first kappa shape index (κ1) is 13.8. The molecule has 0 spiro atoms. The second kappa shape index (κ2) is 6.53. The van der Waals surface area contributed by atoms with Crippen LogP contribution in [-0.2, 0) is 0 Å². The van der Waals surface area contributed by atoms with Crippen LogP contribution in [0.25, 0.3) is 0 Å². The molecule has 0 unspecified atom stereocenters. The molecule has 1 atom stereocenters. The Balaban J connectivity index is 2.10. The topological polar surface area (TPSA) is 29.1 Å². The summed E-state index contributed by atoms with van der Waals surface area (Å²) >= 11 is 3.36. The molecule has 0 aliphatic rings. The number of halogens is 1. The lowest BCUT2D eigenvalue weighted by molar-refractivity contribution is 0.0935. The minimum atomic E-state index is -0.0387. The molecule has 0 saturated heterocycles. The van der Waals surface area contributed by atoms with Gasteiger partial charge in [-0.05, 0) is 36.2 Å². The maximum absolute atomic E-state index is 12.2. The Hall–Kier alpha value is -1.61. The summed E-state index contributed by atoms with van der Waals surface area (Å²) < 4.78 is 0.971. The van der Waals surface area contributed by atoms with Crippen LogP contribution >= 0.6 is 15.9 Å². The van der Waals surface area contributed by atoms with E-state index in [1.54, 1.807) is 0 Å². The second-order valence-electron chi connectivity index (χ2n) is 4.35. The molecule has 2 nitrogen and oxygen atoms in total. The van der Waals surface area contributed by atoms with Gasteiger partial charge in [-0.1, -0.05) is 53.2 Å². The normalized spacial score (nSPS) is 11.9. The minimum Gasteiger partial charge on any atom is -0.345 e. The molecule has 0 aromatic heterocycles. The van der Waals surface area contributed by atoms with Crippen LogP contribution in [0.3, 0.4) is 0 Å². The number of hydrogen-bond donors (Lipinski definition) is 1. The summed E-state index contributed by atoms with van der Waals surface area (Å²) in [4.78, 5) is 12.2. The van der Waals surface area contributed by atoms with Crippen molar-refractivity contribution in [3.63, 3.8) is 0 Å². The molecule has 1 N–H and O–H groups in total. The van der Waals surface area contributed by atoms with E-state index in [0.717, 1.165) is 16.5 Å². The molecule has 0 aliphatic heterocycles. The van der Waals surface area contributed by atoms with E-state index in [1.807, 2.05) is 54.6 Å². The summed E-state index contributed by atoms with van der Waals surface area (Å²) in [6.07, 6.45) is 0.867. The SMILES string of the molecule is CC[C@H](NC(=O)c1ccc(Br)cc1)c1ccccc1. The van der Waals surface area contributed by atoms with Crippen LogP contribution in [0.2, 0.25) is 0 Å². The molecule has 3 heteroatoms. The standard InChI is InChI=1S/C16H16BrNO/c1-2-15(12-6-4-3-5-7-12)18-16(19)13-8-10-14(17)11-9-13/h3-11,15H,2H2,1H3,(H,18,19)/t15-/m0/s1. The van der Waals surface area contributed by atoms with E-state index < -0.39 is 0 Å². The highest BCUT2D eigenvalue weighted by atomic mass is 79.9. The molecular formula is C16H16BrNO. The van der Waals surface area contributed by atoms with Crippen molar-refractivity contribution in [2.75, 3.05) is 0 Å². The molecule has 2 rings (SSSR count). The van der Waals surface area contributed by atoms with Crippen molar-refractivity contribution in [3.8, 4) is 0 Å². The summed E-state index contributed by atoms with van der Waals surface area (Å²) in [7, 11) is 0. The first-order chi connectivity index (χ1) is 9.20.